The van der Waals surface area contributed by atoms with Crippen molar-refractivity contribution in [1.82, 2.24) is 14.9 Å². The highest BCUT2D eigenvalue weighted by atomic mass is 35.5. The van der Waals surface area contributed by atoms with Gasteiger partial charge in [0.1, 0.15) is 11.6 Å². The van der Waals surface area contributed by atoms with E-state index in [0.29, 0.717) is 11.1 Å². The van der Waals surface area contributed by atoms with E-state index in [4.69, 9.17) is 11.6 Å². The number of nitrogens with zero attached hydrogens (tertiary/aromatic N) is 3. The Morgan fingerprint density at radius 3 is 2.93 bits per heavy atom. The van der Waals surface area contributed by atoms with E-state index in [2.05, 4.69) is 55.2 Å². The summed E-state index contributed by atoms with van der Waals surface area (Å²) in [6, 6.07) is 12.9. The molecule has 1 saturated heterocycles. The van der Waals surface area contributed by atoms with Gasteiger partial charge in [-0.1, -0.05) is 41.9 Å². The van der Waals surface area contributed by atoms with Crippen LogP contribution in [-0.4, -0.2) is 34.0 Å². The number of rotatable bonds is 7. The Balaban J connectivity index is 1.30. The maximum atomic E-state index is 6.44. The summed E-state index contributed by atoms with van der Waals surface area (Å²) in [6.45, 7) is 3.06. The predicted octanol–water partition coefficient (Wildman–Crippen LogP) is 5.00. The number of benzene rings is 1. The molecule has 27 heavy (non-hydrogen) atoms. The highest BCUT2D eigenvalue weighted by molar-refractivity contribution is 8.00. The molecule has 1 aromatic carbocycles. The molecule has 0 bridgehead atoms. The normalized spacial score (nSPS) is 17.1. The maximum absolute atomic E-state index is 6.44. The van der Waals surface area contributed by atoms with Gasteiger partial charge in [-0.3, -0.25) is 4.90 Å². The lowest BCUT2D eigenvalue weighted by molar-refractivity contribution is 0.328. The van der Waals surface area contributed by atoms with E-state index in [1.165, 1.54) is 17.5 Å². The summed E-state index contributed by atoms with van der Waals surface area (Å²) in [4.78, 5) is 12.1. The summed E-state index contributed by atoms with van der Waals surface area (Å²) in [5.74, 6) is 1.59. The Bertz CT molecular complexity index is 860. The van der Waals surface area contributed by atoms with Crippen LogP contribution in [0.25, 0.3) is 0 Å². The van der Waals surface area contributed by atoms with Gasteiger partial charge in [-0.15, -0.1) is 11.3 Å². The zero-order valence-electron chi connectivity index (χ0n) is 14.6. The van der Waals surface area contributed by atoms with Gasteiger partial charge in [0.25, 0.3) is 0 Å². The molecule has 8 heteroatoms. The second-order valence-corrected chi connectivity index (χ2v) is 8.44. The summed E-state index contributed by atoms with van der Waals surface area (Å²) in [5.41, 5.74) is 3.15. The lowest BCUT2D eigenvalue weighted by Crippen LogP contribution is -2.26. The Kier molecular flexibility index (Phi) is 6.14. The van der Waals surface area contributed by atoms with Gasteiger partial charge < -0.3 is 10.0 Å². The van der Waals surface area contributed by atoms with Crippen LogP contribution < -0.4 is 10.0 Å². The lowest BCUT2D eigenvalue weighted by Gasteiger charge is -2.17. The van der Waals surface area contributed by atoms with Gasteiger partial charge in [0.15, 0.2) is 0 Å². The van der Waals surface area contributed by atoms with E-state index in [1.807, 2.05) is 17.6 Å². The Morgan fingerprint density at radius 2 is 2.15 bits per heavy atom. The van der Waals surface area contributed by atoms with Crippen molar-refractivity contribution >= 4 is 46.5 Å². The molecule has 3 heterocycles. The lowest BCUT2D eigenvalue weighted by atomic mass is 10.2. The SMILES string of the molecule is Clc1cc(SNc2cscn2)cnc1NC1CCN(Cc2ccccc2)C1. The second-order valence-electron chi connectivity index (χ2n) is 6.43. The van der Waals surface area contributed by atoms with Crippen LogP contribution in [0.2, 0.25) is 5.02 Å². The molecule has 1 aliphatic heterocycles. The third-order valence-electron chi connectivity index (χ3n) is 4.38. The average molecular weight is 418 g/mol. The van der Waals surface area contributed by atoms with Crippen LogP contribution >= 0.6 is 34.9 Å². The number of thiazole rings is 1. The van der Waals surface area contributed by atoms with Crippen molar-refractivity contribution in [2.75, 3.05) is 23.1 Å². The first-order valence-corrected chi connectivity index (χ1v) is 10.9. The molecule has 2 N–H and O–H groups in total. The van der Waals surface area contributed by atoms with Gasteiger partial charge in [-0.05, 0) is 30.0 Å². The van der Waals surface area contributed by atoms with Gasteiger partial charge in [0, 0.05) is 42.1 Å². The van der Waals surface area contributed by atoms with Gasteiger partial charge in [-0.2, -0.15) is 0 Å². The standard InChI is InChI=1S/C19H20ClN5S2/c20-17-8-16(27-24-18-12-26-13-22-18)9-21-19(17)23-15-6-7-25(11-15)10-14-4-2-1-3-5-14/h1-5,8-9,12-13,15,24H,6-7,10-11H2,(H,21,23). The van der Waals surface area contributed by atoms with Crippen LogP contribution in [0.4, 0.5) is 11.6 Å². The van der Waals surface area contributed by atoms with Gasteiger partial charge >= 0.3 is 0 Å². The molecular weight excluding hydrogens is 398 g/mol. The van der Waals surface area contributed by atoms with E-state index in [1.54, 1.807) is 16.8 Å². The van der Waals surface area contributed by atoms with Gasteiger partial charge in [0.05, 0.1) is 10.5 Å². The Labute approximate surface area is 172 Å². The smallest absolute Gasteiger partial charge is 0.147 e. The predicted molar refractivity (Wildman–Crippen MR) is 115 cm³/mol. The quantitative estimate of drug-likeness (QED) is 0.528. The molecule has 1 atom stereocenters. The third kappa shape index (κ3) is 5.13. The molecule has 0 aliphatic carbocycles. The topological polar surface area (TPSA) is 53.1 Å². The number of pyridine rings is 1. The fourth-order valence-corrected chi connectivity index (χ4v) is 4.55. The van der Waals surface area contributed by atoms with E-state index >= 15 is 0 Å². The fraction of sp³-hybridized carbons (Fsp3) is 0.263. The van der Waals surface area contributed by atoms with Crippen molar-refractivity contribution in [2.24, 2.45) is 0 Å². The van der Waals surface area contributed by atoms with E-state index in [9.17, 15) is 0 Å². The van der Waals surface area contributed by atoms with Crippen LogP contribution in [0.3, 0.4) is 0 Å². The molecule has 1 fully saturated rings. The molecule has 1 unspecified atom stereocenters. The molecule has 0 saturated carbocycles. The van der Waals surface area contributed by atoms with Gasteiger partial charge in [0.2, 0.25) is 0 Å². The molecule has 5 nitrogen and oxygen atoms in total. The summed E-state index contributed by atoms with van der Waals surface area (Å²) in [7, 11) is 0. The van der Waals surface area contributed by atoms with Crippen LogP contribution in [0.1, 0.15) is 12.0 Å². The van der Waals surface area contributed by atoms with Crippen LogP contribution in [0.15, 0.2) is 58.4 Å². The summed E-state index contributed by atoms with van der Waals surface area (Å²) in [6.07, 6.45) is 2.92. The first-order valence-electron chi connectivity index (χ1n) is 8.76. The van der Waals surface area contributed by atoms with E-state index in [-0.39, 0.29) is 0 Å². The first-order chi connectivity index (χ1) is 13.3. The molecule has 3 aromatic rings. The Morgan fingerprint density at radius 1 is 1.26 bits per heavy atom. The molecule has 1 aliphatic rings. The minimum absolute atomic E-state index is 0.366. The molecule has 140 valence electrons. The highest BCUT2D eigenvalue weighted by Crippen LogP contribution is 2.28. The van der Waals surface area contributed by atoms with Crippen molar-refractivity contribution in [3.05, 3.63) is 64.1 Å². The number of halogens is 1. The largest absolute Gasteiger partial charge is 0.365 e. The second kappa shape index (κ2) is 8.93. The van der Waals surface area contributed by atoms with Crippen molar-refractivity contribution in [2.45, 2.75) is 23.9 Å². The van der Waals surface area contributed by atoms with Crippen molar-refractivity contribution in [3.63, 3.8) is 0 Å². The minimum atomic E-state index is 0.366. The number of likely N-dealkylation sites (tertiary alicyclic amines) is 1. The monoisotopic (exact) mass is 417 g/mol. The number of aromatic nitrogens is 2. The summed E-state index contributed by atoms with van der Waals surface area (Å²) in [5, 5.41) is 6.09. The van der Waals surface area contributed by atoms with E-state index in [0.717, 1.165) is 42.6 Å². The fourth-order valence-electron chi connectivity index (χ4n) is 3.09. The number of nitrogens with one attached hydrogen (secondary N) is 2. The maximum Gasteiger partial charge on any atom is 0.147 e. The van der Waals surface area contributed by atoms with Crippen LogP contribution in [0, 0.1) is 0 Å². The highest BCUT2D eigenvalue weighted by Gasteiger charge is 2.23. The van der Waals surface area contributed by atoms with Crippen molar-refractivity contribution < 1.29 is 0 Å². The summed E-state index contributed by atoms with van der Waals surface area (Å²) < 4.78 is 3.18. The number of hydrogen-bond acceptors (Lipinski definition) is 7. The van der Waals surface area contributed by atoms with Crippen LogP contribution in [0.5, 0.6) is 0 Å². The summed E-state index contributed by atoms with van der Waals surface area (Å²) >= 11 is 9.45. The molecule has 0 spiro atoms. The molecule has 4 rings (SSSR count). The van der Waals surface area contributed by atoms with Crippen LogP contribution in [-0.2, 0) is 6.54 Å². The van der Waals surface area contributed by atoms with Crippen molar-refractivity contribution in [3.8, 4) is 0 Å². The molecule has 2 aromatic heterocycles. The average Bonchev–Trinajstić information content (AvgIpc) is 3.35. The minimum Gasteiger partial charge on any atom is -0.365 e. The van der Waals surface area contributed by atoms with Gasteiger partial charge in [-0.25, -0.2) is 9.97 Å². The zero-order chi connectivity index (χ0) is 18.5. The molecule has 0 amide bonds. The zero-order valence-corrected chi connectivity index (χ0v) is 17.0. The first kappa shape index (κ1) is 18.6. The Hall–Kier alpha value is -1.80. The van der Waals surface area contributed by atoms with E-state index < -0.39 is 0 Å². The molecule has 0 radical (unpaired) electrons. The van der Waals surface area contributed by atoms with Crippen molar-refractivity contribution in [1.29, 1.82) is 0 Å². The number of hydrogen-bond donors (Lipinski definition) is 2. The number of anilines is 2. The third-order valence-corrected chi connectivity index (χ3v) is 6.03. The molecular formula is C19H20ClN5S2.